The van der Waals surface area contributed by atoms with Gasteiger partial charge >= 0.3 is 18.0 Å². The minimum Gasteiger partial charge on any atom is -0.462 e. The molecule has 0 aliphatic carbocycles. The van der Waals surface area contributed by atoms with Crippen LogP contribution >= 0.6 is 11.3 Å². The number of carbonyl (C=O) groups excluding carboxylic acids is 3. The zero-order valence-corrected chi connectivity index (χ0v) is 27.4. The maximum atomic E-state index is 12.9. The van der Waals surface area contributed by atoms with Crippen LogP contribution < -0.4 is 5.32 Å². The number of carbonyl (C=O) groups is 3. The quantitative estimate of drug-likeness (QED) is 0.161. The van der Waals surface area contributed by atoms with Crippen molar-refractivity contribution in [2.24, 2.45) is 0 Å². The summed E-state index contributed by atoms with van der Waals surface area (Å²) in [6.07, 6.45) is 11.9. The lowest BCUT2D eigenvalue weighted by molar-refractivity contribution is -0.148. The number of hydrogen-bond acceptors (Lipinski definition) is 9. The van der Waals surface area contributed by atoms with Crippen LogP contribution in [0.5, 0.6) is 0 Å². The molecule has 9 nitrogen and oxygen atoms in total. The van der Waals surface area contributed by atoms with E-state index < -0.39 is 41.9 Å². The van der Waals surface area contributed by atoms with Crippen LogP contribution in [0.3, 0.4) is 0 Å². The normalized spacial score (nSPS) is 25.4. The Kier molecular flexibility index (Phi) is 14.9. The number of allylic oxidation sites excluding steroid dienone is 5. The zero-order valence-electron chi connectivity index (χ0n) is 26.6. The lowest BCUT2D eigenvalue weighted by atomic mass is 9.97. The summed E-state index contributed by atoms with van der Waals surface area (Å²) in [4.78, 5) is 43.0. The van der Waals surface area contributed by atoms with Crippen molar-refractivity contribution in [1.29, 1.82) is 0 Å². The van der Waals surface area contributed by atoms with Crippen molar-refractivity contribution in [3.8, 4) is 0 Å². The number of aliphatic hydroxyl groups is 1. The van der Waals surface area contributed by atoms with Crippen LogP contribution in [0.1, 0.15) is 97.2 Å². The Hall–Kier alpha value is -3.24. The van der Waals surface area contributed by atoms with Crippen molar-refractivity contribution in [3.63, 3.8) is 0 Å². The SMILES string of the molecule is CC(/C=C/CCCO)=C\[C@@H]1Cc2nc(cs2)[C@@H](C)C[C@@H](NC(=O)OC(C)(C)C)CC(=O)O[C@@H](C)C/C(C)=C/C=C\C(=O)O1. The number of thiazole rings is 1. The molecular weight excluding hydrogens is 568 g/mol. The van der Waals surface area contributed by atoms with Gasteiger partial charge in [-0.25, -0.2) is 14.6 Å². The first-order valence-electron chi connectivity index (χ1n) is 14.9. The topological polar surface area (TPSA) is 124 Å². The number of unbranched alkanes of at least 4 members (excludes halogenated alkanes) is 1. The number of rotatable bonds is 6. The van der Waals surface area contributed by atoms with Crippen molar-refractivity contribution in [2.75, 3.05) is 6.61 Å². The van der Waals surface area contributed by atoms with Crippen LogP contribution in [0.15, 0.2) is 53.0 Å². The van der Waals surface area contributed by atoms with Gasteiger partial charge in [-0.1, -0.05) is 42.4 Å². The Morgan fingerprint density at radius 2 is 1.95 bits per heavy atom. The van der Waals surface area contributed by atoms with Crippen LogP contribution in [-0.2, 0) is 30.2 Å². The highest BCUT2D eigenvalue weighted by Gasteiger charge is 2.26. The number of fused-ring (bicyclic) bond motifs is 2. The minimum absolute atomic E-state index is 0.00606. The second kappa shape index (κ2) is 17.8. The van der Waals surface area contributed by atoms with Crippen molar-refractivity contribution in [2.45, 2.75) is 117 Å². The van der Waals surface area contributed by atoms with Crippen LogP contribution in [-0.4, -0.2) is 58.6 Å². The van der Waals surface area contributed by atoms with Crippen LogP contribution in [0.2, 0.25) is 0 Å². The molecule has 2 rings (SSSR count). The number of hydrogen-bond donors (Lipinski definition) is 2. The molecule has 0 fully saturated rings. The lowest BCUT2D eigenvalue weighted by Gasteiger charge is -2.25. The molecule has 0 radical (unpaired) electrons. The highest BCUT2D eigenvalue weighted by molar-refractivity contribution is 7.09. The minimum atomic E-state index is -0.677. The summed E-state index contributed by atoms with van der Waals surface area (Å²) in [5, 5.41) is 14.6. The third-order valence-corrected chi connectivity index (χ3v) is 7.29. The molecular formula is C33H48N2O7S. The van der Waals surface area contributed by atoms with Gasteiger partial charge in [0.1, 0.15) is 17.8 Å². The van der Waals surface area contributed by atoms with E-state index in [1.807, 2.05) is 51.3 Å². The molecule has 1 amide bonds. The maximum Gasteiger partial charge on any atom is 0.407 e. The first kappa shape index (κ1) is 36.0. The molecule has 1 aliphatic heterocycles. The van der Waals surface area contributed by atoms with E-state index in [2.05, 4.69) is 5.32 Å². The Morgan fingerprint density at radius 1 is 1.21 bits per heavy atom. The predicted molar refractivity (Wildman–Crippen MR) is 169 cm³/mol. The number of ether oxygens (including phenoxy) is 3. The van der Waals surface area contributed by atoms with Crippen molar-refractivity contribution < 1.29 is 33.7 Å². The summed E-state index contributed by atoms with van der Waals surface area (Å²) in [6.45, 7) is 13.1. The van der Waals surface area contributed by atoms with Gasteiger partial charge in [-0.2, -0.15) is 0 Å². The van der Waals surface area contributed by atoms with E-state index in [0.717, 1.165) is 28.3 Å². The maximum absolute atomic E-state index is 12.9. The van der Waals surface area contributed by atoms with Gasteiger partial charge in [0.25, 0.3) is 0 Å². The molecule has 1 aliphatic rings. The number of amides is 1. The molecule has 4 atom stereocenters. The number of alkyl carbamates (subject to hydrolysis) is 1. The second-order valence-corrected chi connectivity index (χ2v) is 13.0. The van der Waals surface area contributed by atoms with Gasteiger partial charge in [0.05, 0.1) is 17.1 Å². The molecule has 43 heavy (non-hydrogen) atoms. The largest absolute Gasteiger partial charge is 0.462 e. The fraction of sp³-hybridized carbons (Fsp3) is 0.576. The Labute approximate surface area is 260 Å². The average molecular weight is 617 g/mol. The summed E-state index contributed by atoms with van der Waals surface area (Å²) in [7, 11) is 0. The summed E-state index contributed by atoms with van der Waals surface area (Å²) in [5.74, 6) is -0.973. The summed E-state index contributed by atoms with van der Waals surface area (Å²) in [5.41, 5.74) is 2.01. The van der Waals surface area contributed by atoms with Gasteiger partial charge in [0, 0.05) is 42.9 Å². The molecule has 238 valence electrons. The van der Waals surface area contributed by atoms with E-state index in [9.17, 15) is 14.4 Å². The van der Waals surface area contributed by atoms with Crippen molar-refractivity contribution in [3.05, 3.63) is 63.7 Å². The molecule has 10 heteroatoms. The van der Waals surface area contributed by atoms with E-state index in [4.69, 9.17) is 24.3 Å². The number of nitrogens with zero attached hydrogens (tertiary/aromatic N) is 1. The zero-order chi connectivity index (χ0) is 32.0. The summed E-state index contributed by atoms with van der Waals surface area (Å²) < 4.78 is 16.9. The van der Waals surface area contributed by atoms with Gasteiger partial charge in [-0.15, -0.1) is 11.3 Å². The van der Waals surface area contributed by atoms with Gasteiger partial charge in [-0.05, 0) is 66.9 Å². The molecule has 2 heterocycles. The molecule has 1 aromatic rings. The second-order valence-electron chi connectivity index (χ2n) is 12.1. The standard InChI is InChI=1S/C33H48N2O7S/c1-22-13-11-14-30(37)41-27(17-23(2)12-9-8-10-15-36)20-29-35-28(21-43-29)24(3)18-26(19-31(38)40-25(4)16-22)34-32(39)42-33(5,6)7/h9,11-14,17,21,24-27,36H,8,10,15-16,18-20H2,1-7H3,(H,34,39)/b12-9+,14-11-,22-13+,23-17+/t24-,25-,26+,27+/m0/s1. The molecule has 0 spiro atoms. The van der Waals surface area contributed by atoms with E-state index in [0.29, 0.717) is 25.7 Å². The number of aromatic nitrogens is 1. The third-order valence-electron chi connectivity index (χ3n) is 6.40. The molecule has 2 bridgehead atoms. The fourth-order valence-electron chi connectivity index (χ4n) is 4.51. The summed E-state index contributed by atoms with van der Waals surface area (Å²) >= 11 is 1.47. The third kappa shape index (κ3) is 15.2. The highest BCUT2D eigenvalue weighted by Crippen LogP contribution is 2.26. The molecule has 1 aromatic heterocycles. The Morgan fingerprint density at radius 3 is 2.65 bits per heavy atom. The molecule has 0 saturated carbocycles. The van der Waals surface area contributed by atoms with Gasteiger partial charge in [0.15, 0.2) is 0 Å². The smallest absolute Gasteiger partial charge is 0.407 e. The van der Waals surface area contributed by atoms with Crippen molar-refractivity contribution >= 4 is 29.4 Å². The predicted octanol–water partition coefficient (Wildman–Crippen LogP) is 6.49. The lowest BCUT2D eigenvalue weighted by Crippen LogP contribution is -2.41. The number of nitrogens with one attached hydrogen (secondary N) is 1. The fourth-order valence-corrected chi connectivity index (χ4v) is 5.47. The average Bonchev–Trinajstić information content (AvgIpc) is 3.33. The van der Waals surface area contributed by atoms with Crippen molar-refractivity contribution in [1.82, 2.24) is 10.3 Å². The first-order valence-corrected chi connectivity index (χ1v) is 15.8. The number of cyclic esters (lactones) is 2. The molecule has 0 saturated heterocycles. The van der Waals surface area contributed by atoms with E-state index in [1.54, 1.807) is 32.9 Å². The van der Waals surface area contributed by atoms with Crippen LogP contribution in [0, 0.1) is 0 Å². The number of aliphatic hydroxyl groups excluding tert-OH is 1. The monoisotopic (exact) mass is 616 g/mol. The van der Waals surface area contributed by atoms with Gasteiger partial charge in [-0.3, -0.25) is 4.79 Å². The van der Waals surface area contributed by atoms with E-state index in [1.165, 1.54) is 17.4 Å². The van der Waals surface area contributed by atoms with Crippen LogP contribution in [0.4, 0.5) is 4.79 Å². The van der Waals surface area contributed by atoms with Gasteiger partial charge in [0.2, 0.25) is 0 Å². The Balaban J connectivity index is 2.36. The highest BCUT2D eigenvalue weighted by atomic mass is 32.1. The number of esters is 2. The molecule has 0 aromatic carbocycles. The summed E-state index contributed by atoms with van der Waals surface area (Å²) in [6, 6.07) is -0.520. The van der Waals surface area contributed by atoms with E-state index >= 15 is 0 Å². The molecule has 0 unspecified atom stereocenters. The van der Waals surface area contributed by atoms with E-state index in [-0.39, 0.29) is 18.9 Å². The molecule has 2 N–H and O–H groups in total. The van der Waals surface area contributed by atoms with Gasteiger partial charge < -0.3 is 24.6 Å². The first-order chi connectivity index (χ1) is 20.2. The Bertz CT molecular complexity index is 1190. The van der Waals surface area contributed by atoms with Crippen LogP contribution in [0.25, 0.3) is 0 Å².